The molecule has 0 amide bonds. The van der Waals surface area contributed by atoms with E-state index in [0.29, 0.717) is 5.16 Å². The average Bonchev–Trinajstić information content (AvgIpc) is 2.80. The highest BCUT2D eigenvalue weighted by Gasteiger charge is 2.31. The molecule has 19 heavy (non-hydrogen) atoms. The molecule has 0 aliphatic heterocycles. The van der Waals surface area contributed by atoms with Crippen LogP contribution in [0.2, 0.25) is 0 Å². The first kappa shape index (κ1) is 13.7. The molecule has 1 aromatic heterocycles. The zero-order chi connectivity index (χ0) is 13.9. The Hall–Kier alpha value is -1.70. The van der Waals surface area contributed by atoms with Gasteiger partial charge in [-0.1, -0.05) is 23.9 Å². The van der Waals surface area contributed by atoms with Gasteiger partial charge >= 0.3 is 6.36 Å². The van der Waals surface area contributed by atoms with E-state index in [4.69, 9.17) is 0 Å². The molecule has 0 radical (unpaired) electrons. The Bertz CT molecular complexity index is 513. The number of nitrogens with zero attached hydrogens (tertiary/aromatic N) is 2. The Morgan fingerprint density at radius 1 is 1.26 bits per heavy atom. The van der Waals surface area contributed by atoms with E-state index < -0.39 is 6.36 Å². The number of aromatic amines is 1. The monoisotopic (exact) mass is 289 g/mol. The van der Waals surface area contributed by atoms with Crippen LogP contribution in [-0.2, 0) is 0 Å². The summed E-state index contributed by atoms with van der Waals surface area (Å²) in [7, 11) is 0. The Balaban J connectivity index is 2.01. The Morgan fingerprint density at radius 2 is 1.95 bits per heavy atom. The molecule has 0 aliphatic carbocycles. The number of benzene rings is 1. The zero-order valence-corrected chi connectivity index (χ0v) is 10.6. The van der Waals surface area contributed by atoms with Crippen LogP contribution in [-0.4, -0.2) is 21.5 Å². The molecular formula is C11H10F3N3OS. The van der Waals surface area contributed by atoms with Crippen molar-refractivity contribution in [2.45, 2.75) is 23.7 Å². The first-order chi connectivity index (χ1) is 8.94. The molecule has 1 N–H and O–H groups in total. The molecule has 1 heterocycles. The van der Waals surface area contributed by atoms with Gasteiger partial charge in [0, 0.05) is 5.25 Å². The predicted molar refractivity (Wildman–Crippen MR) is 63.8 cm³/mol. The van der Waals surface area contributed by atoms with Crippen molar-refractivity contribution in [2.24, 2.45) is 0 Å². The molecular weight excluding hydrogens is 279 g/mol. The van der Waals surface area contributed by atoms with Gasteiger partial charge in [0.15, 0.2) is 5.16 Å². The van der Waals surface area contributed by atoms with Crippen LogP contribution in [0, 0.1) is 0 Å². The standard InChI is InChI=1S/C11H10F3N3OS/c1-7(19-10-15-6-16-17-10)8-2-4-9(5-3-8)18-11(12,13)14/h2-7H,1H3,(H,15,16,17). The van der Waals surface area contributed by atoms with E-state index in [0.717, 1.165) is 5.56 Å². The summed E-state index contributed by atoms with van der Waals surface area (Å²) in [5, 5.41) is 7.12. The largest absolute Gasteiger partial charge is 0.573 e. The van der Waals surface area contributed by atoms with Crippen molar-refractivity contribution in [3.05, 3.63) is 36.2 Å². The minimum atomic E-state index is -4.66. The van der Waals surface area contributed by atoms with E-state index in [1.165, 1.54) is 30.2 Å². The van der Waals surface area contributed by atoms with Crippen molar-refractivity contribution in [1.29, 1.82) is 0 Å². The van der Waals surface area contributed by atoms with Gasteiger partial charge in [-0.3, -0.25) is 5.10 Å². The van der Waals surface area contributed by atoms with E-state index in [-0.39, 0.29) is 11.0 Å². The number of H-pyrrole nitrogens is 1. The van der Waals surface area contributed by atoms with Gasteiger partial charge in [-0.15, -0.1) is 13.2 Å². The fourth-order valence-electron chi connectivity index (χ4n) is 1.43. The van der Waals surface area contributed by atoms with Crippen LogP contribution in [0.1, 0.15) is 17.7 Å². The van der Waals surface area contributed by atoms with Crippen LogP contribution >= 0.6 is 11.8 Å². The average molecular weight is 289 g/mol. The van der Waals surface area contributed by atoms with Gasteiger partial charge in [-0.05, 0) is 24.6 Å². The van der Waals surface area contributed by atoms with Crippen LogP contribution in [0.25, 0.3) is 0 Å². The number of rotatable bonds is 4. The summed E-state index contributed by atoms with van der Waals surface area (Å²) in [4.78, 5) is 3.97. The number of alkyl halides is 3. The molecule has 1 atom stereocenters. The smallest absolute Gasteiger partial charge is 0.406 e. The van der Waals surface area contributed by atoms with E-state index in [1.54, 1.807) is 12.1 Å². The summed E-state index contributed by atoms with van der Waals surface area (Å²) in [5.41, 5.74) is 0.871. The quantitative estimate of drug-likeness (QED) is 0.874. The normalized spacial score (nSPS) is 13.3. The number of ether oxygens (including phenoxy) is 1. The van der Waals surface area contributed by atoms with Crippen molar-refractivity contribution >= 4 is 11.8 Å². The lowest BCUT2D eigenvalue weighted by Crippen LogP contribution is -2.17. The lowest BCUT2D eigenvalue weighted by molar-refractivity contribution is -0.274. The van der Waals surface area contributed by atoms with Crippen molar-refractivity contribution in [2.75, 3.05) is 0 Å². The summed E-state index contributed by atoms with van der Waals surface area (Å²) < 4.78 is 39.8. The molecule has 4 nitrogen and oxygen atoms in total. The molecule has 1 unspecified atom stereocenters. The summed E-state index contributed by atoms with van der Waals surface area (Å²) in [6.45, 7) is 1.92. The fourth-order valence-corrected chi connectivity index (χ4v) is 2.27. The highest BCUT2D eigenvalue weighted by atomic mass is 32.2. The van der Waals surface area contributed by atoms with Crippen molar-refractivity contribution in [3.8, 4) is 5.75 Å². The van der Waals surface area contributed by atoms with Gasteiger partial charge in [0.1, 0.15) is 12.1 Å². The Labute approximate surface area is 111 Å². The highest BCUT2D eigenvalue weighted by molar-refractivity contribution is 7.99. The van der Waals surface area contributed by atoms with E-state index in [9.17, 15) is 13.2 Å². The minimum absolute atomic E-state index is 0.0351. The van der Waals surface area contributed by atoms with E-state index in [1.807, 2.05) is 6.92 Å². The maximum absolute atomic E-state index is 12.0. The summed E-state index contributed by atoms with van der Waals surface area (Å²) in [5.74, 6) is -0.229. The van der Waals surface area contributed by atoms with Crippen molar-refractivity contribution < 1.29 is 17.9 Å². The maximum Gasteiger partial charge on any atom is 0.573 e. The summed E-state index contributed by atoms with van der Waals surface area (Å²) in [6, 6.07) is 5.77. The molecule has 0 saturated heterocycles. The maximum atomic E-state index is 12.0. The topological polar surface area (TPSA) is 50.8 Å². The lowest BCUT2D eigenvalue weighted by atomic mass is 10.2. The lowest BCUT2D eigenvalue weighted by Gasteiger charge is -2.12. The number of hydrogen-bond acceptors (Lipinski definition) is 4. The third-order valence-electron chi connectivity index (χ3n) is 2.26. The first-order valence-electron chi connectivity index (χ1n) is 5.32. The molecule has 2 aromatic rings. The molecule has 0 bridgehead atoms. The second kappa shape index (κ2) is 5.52. The van der Waals surface area contributed by atoms with E-state index >= 15 is 0 Å². The molecule has 8 heteroatoms. The molecule has 0 aliphatic rings. The molecule has 1 aromatic carbocycles. The van der Waals surface area contributed by atoms with Crippen LogP contribution < -0.4 is 4.74 Å². The molecule has 102 valence electrons. The van der Waals surface area contributed by atoms with Gasteiger partial charge in [0.05, 0.1) is 0 Å². The number of hydrogen-bond donors (Lipinski definition) is 1. The number of aromatic nitrogens is 3. The van der Waals surface area contributed by atoms with Crippen LogP contribution in [0.4, 0.5) is 13.2 Å². The molecule has 0 spiro atoms. The third-order valence-corrected chi connectivity index (χ3v) is 3.31. The zero-order valence-electron chi connectivity index (χ0n) is 9.81. The number of thioether (sulfide) groups is 1. The van der Waals surface area contributed by atoms with Crippen molar-refractivity contribution in [1.82, 2.24) is 15.2 Å². The SMILES string of the molecule is CC(Sc1ncn[nH]1)c1ccc(OC(F)(F)F)cc1. The number of nitrogens with one attached hydrogen (secondary N) is 1. The summed E-state index contributed by atoms with van der Waals surface area (Å²) in [6.07, 6.45) is -3.27. The van der Waals surface area contributed by atoms with Gasteiger partial charge in [-0.2, -0.15) is 5.10 Å². The molecule has 2 rings (SSSR count). The summed E-state index contributed by atoms with van der Waals surface area (Å²) >= 11 is 1.43. The molecule has 0 saturated carbocycles. The Kier molecular flexibility index (Phi) is 3.98. The van der Waals surface area contributed by atoms with Gasteiger partial charge in [0.25, 0.3) is 0 Å². The van der Waals surface area contributed by atoms with E-state index in [2.05, 4.69) is 19.9 Å². The van der Waals surface area contributed by atoms with Crippen molar-refractivity contribution in [3.63, 3.8) is 0 Å². The van der Waals surface area contributed by atoms with Gasteiger partial charge in [0.2, 0.25) is 0 Å². The van der Waals surface area contributed by atoms with Gasteiger partial charge < -0.3 is 4.74 Å². The third kappa shape index (κ3) is 4.16. The first-order valence-corrected chi connectivity index (χ1v) is 6.20. The van der Waals surface area contributed by atoms with Crippen LogP contribution in [0.5, 0.6) is 5.75 Å². The molecule has 0 fully saturated rings. The fraction of sp³-hybridized carbons (Fsp3) is 0.273. The highest BCUT2D eigenvalue weighted by Crippen LogP contribution is 2.33. The number of halogens is 3. The second-order valence-corrected chi connectivity index (χ2v) is 5.00. The van der Waals surface area contributed by atoms with Crippen LogP contribution in [0.3, 0.4) is 0 Å². The second-order valence-electron chi connectivity index (χ2n) is 3.67. The predicted octanol–water partition coefficient (Wildman–Crippen LogP) is 3.56. The van der Waals surface area contributed by atoms with Crippen LogP contribution in [0.15, 0.2) is 35.7 Å². The van der Waals surface area contributed by atoms with Gasteiger partial charge in [-0.25, -0.2) is 4.98 Å². The minimum Gasteiger partial charge on any atom is -0.406 e. The Morgan fingerprint density at radius 3 is 2.47 bits per heavy atom.